The van der Waals surface area contributed by atoms with E-state index in [2.05, 4.69) is 21.8 Å². The van der Waals surface area contributed by atoms with E-state index < -0.39 is 14.4 Å². The van der Waals surface area contributed by atoms with Gasteiger partial charge >= 0.3 is 0 Å². The molecule has 0 unspecified atom stereocenters. The second-order valence-electron chi connectivity index (χ2n) is 8.06. The Labute approximate surface area is 170 Å². The van der Waals surface area contributed by atoms with Crippen LogP contribution < -0.4 is 4.90 Å². The maximum atomic E-state index is 8.51. The molecule has 8 nitrogen and oxygen atoms in total. The van der Waals surface area contributed by atoms with Gasteiger partial charge in [0.05, 0.1) is 29.7 Å². The Morgan fingerprint density at radius 1 is 1.28 bits per heavy atom. The van der Waals surface area contributed by atoms with Crippen molar-refractivity contribution < 1.29 is 4.74 Å². The van der Waals surface area contributed by atoms with E-state index in [4.69, 9.17) is 24.3 Å². The first-order valence-corrected chi connectivity index (χ1v) is 11.9. The molecule has 0 aromatic carbocycles. The quantitative estimate of drug-likeness (QED) is 0.607. The number of anilines is 1. The molecule has 1 aliphatic carbocycles. The summed E-state index contributed by atoms with van der Waals surface area (Å²) >= 11 is 0. The van der Waals surface area contributed by atoms with E-state index >= 15 is 0 Å². The summed E-state index contributed by atoms with van der Waals surface area (Å²) < 4.78 is 22.2. The smallest absolute Gasteiger partial charge is 0.162 e. The average molecular weight is 412 g/mol. The Bertz CT molecular complexity index is 1180. The number of pyridine rings is 1. The standard InChI is InChI=1S/C20H25N7OS/c1-13-12-28-10-9-27(13)17-11-16(20(5-6-20)29(2,21)22)25-19(26-17)15-4-8-24-18-14(15)3-7-23-18/h3-4,7-8,11,13,21-22H,5-6,9-10,12H2,1-2H3,(H,23,24)/t13-/m1/s1. The molecule has 29 heavy (non-hydrogen) atoms. The minimum atomic E-state index is -2.29. The molecule has 2 fully saturated rings. The van der Waals surface area contributed by atoms with Crippen LogP contribution in [0.3, 0.4) is 0 Å². The molecule has 1 atom stereocenters. The molecule has 152 valence electrons. The van der Waals surface area contributed by atoms with Crippen molar-refractivity contribution in [2.75, 3.05) is 30.9 Å². The first kappa shape index (κ1) is 18.5. The van der Waals surface area contributed by atoms with Crippen LogP contribution in [0.4, 0.5) is 5.82 Å². The van der Waals surface area contributed by atoms with Crippen molar-refractivity contribution in [3.8, 4) is 11.4 Å². The maximum Gasteiger partial charge on any atom is 0.162 e. The number of nitrogens with zero attached hydrogens (tertiary/aromatic N) is 4. The van der Waals surface area contributed by atoms with Gasteiger partial charge in [-0.2, -0.15) is 0 Å². The van der Waals surface area contributed by atoms with E-state index in [0.29, 0.717) is 19.0 Å². The van der Waals surface area contributed by atoms with Gasteiger partial charge in [0.25, 0.3) is 0 Å². The predicted octanol–water partition coefficient (Wildman–Crippen LogP) is 3.54. The van der Waals surface area contributed by atoms with Gasteiger partial charge in [0, 0.05) is 42.2 Å². The van der Waals surface area contributed by atoms with Crippen LogP contribution in [0.1, 0.15) is 25.5 Å². The highest BCUT2D eigenvalue weighted by Gasteiger charge is 2.51. The molecular weight excluding hydrogens is 386 g/mol. The third kappa shape index (κ3) is 3.00. The Morgan fingerprint density at radius 3 is 2.83 bits per heavy atom. The van der Waals surface area contributed by atoms with Crippen LogP contribution in [0.15, 0.2) is 30.6 Å². The normalized spacial score (nSPS) is 21.4. The Morgan fingerprint density at radius 2 is 2.10 bits per heavy atom. The molecule has 0 amide bonds. The van der Waals surface area contributed by atoms with Crippen LogP contribution in [0.2, 0.25) is 0 Å². The van der Waals surface area contributed by atoms with Gasteiger partial charge in [-0.25, -0.2) is 15.0 Å². The fourth-order valence-corrected chi connectivity index (χ4v) is 5.59. The van der Waals surface area contributed by atoms with Gasteiger partial charge in [-0.15, -0.1) is 0 Å². The summed E-state index contributed by atoms with van der Waals surface area (Å²) in [5.41, 5.74) is 2.55. The number of aromatic nitrogens is 4. The lowest BCUT2D eigenvalue weighted by atomic mass is 10.1. The van der Waals surface area contributed by atoms with Crippen LogP contribution >= 0.6 is 0 Å². The Hall–Kier alpha value is -2.52. The maximum absolute atomic E-state index is 8.51. The zero-order valence-corrected chi connectivity index (χ0v) is 17.4. The molecule has 3 aromatic heterocycles. The zero-order valence-electron chi connectivity index (χ0n) is 16.6. The number of hydrogen-bond acceptors (Lipinski definition) is 7. The summed E-state index contributed by atoms with van der Waals surface area (Å²) in [6.07, 6.45) is 7.06. The summed E-state index contributed by atoms with van der Waals surface area (Å²) in [6, 6.07) is 6.16. The zero-order chi connectivity index (χ0) is 20.2. The number of ether oxygens (including phenoxy) is 1. The van der Waals surface area contributed by atoms with Crippen molar-refractivity contribution in [1.29, 1.82) is 9.56 Å². The highest BCUT2D eigenvalue weighted by atomic mass is 32.2. The molecule has 0 radical (unpaired) electrons. The minimum absolute atomic E-state index is 0.213. The fraction of sp³-hybridized carbons (Fsp3) is 0.450. The van der Waals surface area contributed by atoms with Crippen LogP contribution in [-0.4, -0.2) is 52.0 Å². The molecule has 4 heterocycles. The fourth-order valence-electron chi connectivity index (χ4n) is 4.15. The number of morpholine rings is 1. The van der Waals surface area contributed by atoms with Crippen LogP contribution in [0.5, 0.6) is 0 Å². The predicted molar refractivity (Wildman–Crippen MR) is 114 cm³/mol. The van der Waals surface area contributed by atoms with Crippen molar-refractivity contribution in [3.63, 3.8) is 0 Å². The molecule has 1 saturated heterocycles. The Balaban J connectivity index is 1.72. The van der Waals surface area contributed by atoms with Gasteiger partial charge < -0.3 is 14.6 Å². The molecule has 5 rings (SSSR count). The van der Waals surface area contributed by atoms with E-state index in [-0.39, 0.29) is 6.04 Å². The van der Waals surface area contributed by atoms with Crippen LogP contribution in [0.25, 0.3) is 22.4 Å². The second kappa shape index (κ2) is 6.50. The SMILES string of the molecule is C[C@@H]1COCCN1c1cc(C2(S(C)(=N)=N)CC2)nc(-c2ccnc3[nH]ccc23)n1. The summed E-state index contributed by atoms with van der Waals surface area (Å²) in [5.74, 6) is 1.49. The van der Waals surface area contributed by atoms with E-state index in [9.17, 15) is 0 Å². The third-order valence-electron chi connectivity index (χ3n) is 6.03. The summed E-state index contributed by atoms with van der Waals surface area (Å²) in [6.45, 7) is 4.23. The lowest BCUT2D eigenvalue weighted by molar-refractivity contribution is 0.0985. The van der Waals surface area contributed by atoms with Crippen molar-refractivity contribution in [3.05, 3.63) is 36.3 Å². The van der Waals surface area contributed by atoms with Gasteiger partial charge in [0.1, 0.15) is 11.5 Å². The minimum Gasteiger partial charge on any atom is -0.377 e. The number of rotatable bonds is 4. The van der Waals surface area contributed by atoms with Crippen molar-refractivity contribution >= 4 is 26.5 Å². The van der Waals surface area contributed by atoms with Crippen LogP contribution in [-0.2, 0) is 19.1 Å². The number of hydrogen-bond donors (Lipinski definition) is 3. The number of nitrogens with one attached hydrogen (secondary N) is 3. The van der Waals surface area contributed by atoms with E-state index in [1.807, 2.05) is 24.4 Å². The van der Waals surface area contributed by atoms with Gasteiger partial charge in [0.2, 0.25) is 0 Å². The molecule has 3 aromatic rings. The molecule has 1 saturated carbocycles. The molecule has 0 spiro atoms. The first-order chi connectivity index (χ1) is 13.9. The monoisotopic (exact) mass is 411 g/mol. The number of fused-ring (bicyclic) bond motifs is 1. The van der Waals surface area contributed by atoms with Crippen LogP contribution in [0, 0.1) is 9.56 Å². The molecule has 0 bridgehead atoms. The van der Waals surface area contributed by atoms with Crippen molar-refractivity contribution in [1.82, 2.24) is 19.9 Å². The summed E-state index contributed by atoms with van der Waals surface area (Å²) in [7, 11) is -2.29. The topological polar surface area (TPSA) is 115 Å². The van der Waals surface area contributed by atoms with Gasteiger partial charge in [-0.05, 0) is 31.9 Å². The Kier molecular flexibility index (Phi) is 4.15. The van der Waals surface area contributed by atoms with Gasteiger partial charge in [-0.1, -0.05) is 9.62 Å². The van der Waals surface area contributed by atoms with Gasteiger partial charge in [-0.3, -0.25) is 9.56 Å². The average Bonchev–Trinajstić information content (AvgIpc) is 3.39. The summed E-state index contributed by atoms with van der Waals surface area (Å²) in [5, 5.41) is 0.974. The largest absolute Gasteiger partial charge is 0.377 e. The molecule has 9 heteroatoms. The molecular formula is C20H25N7OS. The van der Waals surface area contributed by atoms with Gasteiger partial charge in [0.15, 0.2) is 5.82 Å². The number of aromatic amines is 1. The van der Waals surface area contributed by atoms with E-state index in [1.165, 1.54) is 0 Å². The first-order valence-electron chi connectivity index (χ1n) is 9.82. The molecule has 3 N–H and O–H groups in total. The lowest BCUT2D eigenvalue weighted by Gasteiger charge is -2.35. The highest BCUT2D eigenvalue weighted by Crippen LogP contribution is 2.53. The molecule has 1 aliphatic heterocycles. The lowest BCUT2D eigenvalue weighted by Crippen LogP contribution is -2.44. The highest BCUT2D eigenvalue weighted by molar-refractivity contribution is 7.93. The van der Waals surface area contributed by atoms with E-state index in [0.717, 1.165) is 47.5 Å². The van der Waals surface area contributed by atoms with Crippen molar-refractivity contribution in [2.45, 2.75) is 30.6 Å². The number of H-pyrrole nitrogens is 1. The summed E-state index contributed by atoms with van der Waals surface area (Å²) in [4.78, 5) is 19.6. The second-order valence-corrected chi connectivity index (χ2v) is 10.7. The van der Waals surface area contributed by atoms with E-state index in [1.54, 1.807) is 12.5 Å². The molecule has 2 aliphatic rings. The van der Waals surface area contributed by atoms with Crippen molar-refractivity contribution in [2.24, 2.45) is 0 Å². The third-order valence-corrected chi connectivity index (χ3v) is 8.21.